The van der Waals surface area contributed by atoms with E-state index in [9.17, 15) is 0 Å². The van der Waals surface area contributed by atoms with Crippen molar-refractivity contribution in [1.82, 2.24) is 0 Å². The van der Waals surface area contributed by atoms with Gasteiger partial charge >= 0.3 is 0 Å². The van der Waals surface area contributed by atoms with Crippen LogP contribution in [0.2, 0.25) is 0 Å². The predicted octanol–water partition coefficient (Wildman–Crippen LogP) is 3.95. The lowest BCUT2D eigenvalue weighted by Gasteiger charge is -2.16. The molecular formula is C16H25NOS. The molecule has 1 aromatic carbocycles. The summed E-state index contributed by atoms with van der Waals surface area (Å²) in [5.41, 5.74) is 9.46. The Morgan fingerprint density at radius 1 is 1.32 bits per heavy atom. The number of hydrogen-bond acceptors (Lipinski definition) is 2. The van der Waals surface area contributed by atoms with Crippen molar-refractivity contribution in [3.63, 3.8) is 0 Å². The zero-order valence-corrected chi connectivity index (χ0v) is 13.3. The first-order valence-corrected chi connectivity index (χ1v) is 7.36. The second-order valence-corrected chi connectivity index (χ2v) is 5.90. The van der Waals surface area contributed by atoms with Gasteiger partial charge in [0.15, 0.2) is 0 Å². The van der Waals surface area contributed by atoms with E-state index in [4.69, 9.17) is 22.7 Å². The van der Waals surface area contributed by atoms with Crippen LogP contribution in [0.5, 0.6) is 5.75 Å². The van der Waals surface area contributed by atoms with Crippen molar-refractivity contribution in [1.29, 1.82) is 0 Å². The Kier molecular flexibility index (Phi) is 6.29. The second-order valence-electron chi connectivity index (χ2n) is 5.37. The molecule has 0 saturated carbocycles. The molecule has 0 fully saturated rings. The summed E-state index contributed by atoms with van der Waals surface area (Å²) < 4.78 is 5.75. The van der Waals surface area contributed by atoms with E-state index in [2.05, 4.69) is 39.8 Å². The molecule has 0 aliphatic heterocycles. The fourth-order valence-electron chi connectivity index (χ4n) is 2.23. The number of rotatable bonds is 7. The molecule has 0 bridgehead atoms. The summed E-state index contributed by atoms with van der Waals surface area (Å²) >= 11 is 4.97. The quantitative estimate of drug-likeness (QED) is 0.768. The van der Waals surface area contributed by atoms with Crippen molar-refractivity contribution < 1.29 is 4.74 Å². The first-order valence-electron chi connectivity index (χ1n) is 6.95. The van der Waals surface area contributed by atoms with Gasteiger partial charge in [-0.15, -0.1) is 0 Å². The van der Waals surface area contributed by atoms with Gasteiger partial charge in [0.2, 0.25) is 0 Å². The maximum atomic E-state index is 5.75. The van der Waals surface area contributed by atoms with Crippen LogP contribution in [0.4, 0.5) is 0 Å². The summed E-state index contributed by atoms with van der Waals surface area (Å²) in [6, 6.07) is 4.38. The van der Waals surface area contributed by atoms with Gasteiger partial charge in [-0.05, 0) is 55.4 Å². The fraction of sp³-hybridized carbons (Fsp3) is 0.562. The maximum Gasteiger partial charge on any atom is 0.122 e. The Morgan fingerprint density at radius 2 is 2.00 bits per heavy atom. The smallest absolute Gasteiger partial charge is 0.122 e. The van der Waals surface area contributed by atoms with Gasteiger partial charge in [-0.1, -0.05) is 32.1 Å². The van der Waals surface area contributed by atoms with Crippen molar-refractivity contribution in [3.05, 3.63) is 28.8 Å². The molecule has 2 N–H and O–H groups in total. The Balaban J connectivity index is 2.80. The summed E-state index contributed by atoms with van der Waals surface area (Å²) in [4.78, 5) is 0.602. The van der Waals surface area contributed by atoms with Gasteiger partial charge in [0, 0.05) is 6.42 Å². The lowest BCUT2D eigenvalue weighted by molar-refractivity contribution is 0.315. The van der Waals surface area contributed by atoms with Gasteiger partial charge in [0.05, 0.1) is 11.6 Å². The number of ether oxygens (including phenoxy) is 1. The second kappa shape index (κ2) is 7.49. The van der Waals surface area contributed by atoms with Crippen molar-refractivity contribution in [2.45, 2.75) is 47.0 Å². The number of hydrogen-bond donors (Lipinski definition) is 1. The van der Waals surface area contributed by atoms with Crippen LogP contribution in [0.1, 0.15) is 43.4 Å². The van der Waals surface area contributed by atoms with Crippen molar-refractivity contribution in [2.24, 2.45) is 11.7 Å². The van der Waals surface area contributed by atoms with Crippen molar-refractivity contribution in [3.8, 4) is 5.75 Å². The lowest BCUT2D eigenvalue weighted by Crippen LogP contribution is -2.14. The Hall–Kier alpha value is -1.09. The van der Waals surface area contributed by atoms with E-state index in [1.54, 1.807) is 0 Å². The summed E-state index contributed by atoms with van der Waals surface area (Å²) in [5, 5.41) is 0. The van der Waals surface area contributed by atoms with E-state index in [0.717, 1.165) is 31.6 Å². The maximum absolute atomic E-state index is 5.75. The van der Waals surface area contributed by atoms with Gasteiger partial charge < -0.3 is 10.5 Å². The van der Waals surface area contributed by atoms with Gasteiger partial charge in [0.1, 0.15) is 5.75 Å². The predicted molar refractivity (Wildman–Crippen MR) is 86.0 cm³/mol. The van der Waals surface area contributed by atoms with Crippen LogP contribution in [0, 0.1) is 19.8 Å². The number of nitrogens with two attached hydrogens (primary N) is 1. The van der Waals surface area contributed by atoms with Gasteiger partial charge in [-0.3, -0.25) is 0 Å². The summed E-state index contributed by atoms with van der Waals surface area (Å²) in [7, 11) is 0. The van der Waals surface area contributed by atoms with E-state index < -0.39 is 0 Å². The highest BCUT2D eigenvalue weighted by atomic mass is 32.1. The normalized spacial score (nSPS) is 12.2. The topological polar surface area (TPSA) is 35.2 Å². The Labute approximate surface area is 122 Å². The molecule has 0 aromatic heterocycles. The minimum Gasteiger partial charge on any atom is -0.493 e. The molecule has 0 heterocycles. The summed E-state index contributed by atoms with van der Waals surface area (Å²) in [6.45, 7) is 9.33. The van der Waals surface area contributed by atoms with E-state index in [1.807, 2.05) is 0 Å². The van der Waals surface area contributed by atoms with Crippen LogP contribution in [0.15, 0.2) is 12.1 Å². The lowest BCUT2D eigenvalue weighted by atomic mass is 9.93. The zero-order valence-electron chi connectivity index (χ0n) is 12.5. The molecule has 0 spiro atoms. The van der Waals surface area contributed by atoms with Crippen LogP contribution < -0.4 is 10.5 Å². The molecular weight excluding hydrogens is 254 g/mol. The van der Waals surface area contributed by atoms with Gasteiger partial charge in [0.25, 0.3) is 0 Å². The SMILES string of the molecule is CCCOc1cc(C)c(CC(C)CC(N)=S)cc1C. The standard InChI is InChI=1S/C16H25NOS/c1-5-6-18-15-10-12(3)14(9-13(15)4)7-11(2)8-16(17)19/h9-11H,5-8H2,1-4H3,(H2,17,19). The summed E-state index contributed by atoms with van der Waals surface area (Å²) in [6.07, 6.45) is 2.85. The van der Waals surface area contributed by atoms with Gasteiger partial charge in [-0.25, -0.2) is 0 Å². The average molecular weight is 279 g/mol. The van der Waals surface area contributed by atoms with E-state index >= 15 is 0 Å². The number of aryl methyl sites for hydroxylation is 2. The molecule has 106 valence electrons. The summed E-state index contributed by atoms with van der Waals surface area (Å²) in [5.74, 6) is 1.49. The Bertz CT molecular complexity index is 443. The minimum absolute atomic E-state index is 0.484. The van der Waals surface area contributed by atoms with E-state index in [-0.39, 0.29) is 0 Å². The molecule has 0 aliphatic rings. The van der Waals surface area contributed by atoms with Crippen molar-refractivity contribution in [2.75, 3.05) is 6.61 Å². The fourth-order valence-corrected chi connectivity index (χ4v) is 2.51. The average Bonchev–Trinajstić information content (AvgIpc) is 2.30. The van der Waals surface area contributed by atoms with E-state index in [0.29, 0.717) is 10.9 Å². The monoisotopic (exact) mass is 279 g/mol. The first kappa shape index (κ1) is 16.0. The molecule has 0 amide bonds. The van der Waals surface area contributed by atoms with Crippen LogP contribution >= 0.6 is 12.2 Å². The largest absolute Gasteiger partial charge is 0.493 e. The minimum atomic E-state index is 0.484. The third-order valence-corrected chi connectivity index (χ3v) is 3.38. The Morgan fingerprint density at radius 3 is 2.58 bits per heavy atom. The molecule has 0 saturated heterocycles. The highest BCUT2D eigenvalue weighted by Gasteiger charge is 2.10. The molecule has 3 heteroatoms. The number of benzene rings is 1. The molecule has 19 heavy (non-hydrogen) atoms. The first-order chi connectivity index (χ1) is 8.93. The third kappa shape index (κ3) is 5.19. The van der Waals surface area contributed by atoms with Crippen LogP contribution in [0.25, 0.3) is 0 Å². The van der Waals surface area contributed by atoms with E-state index in [1.165, 1.54) is 16.7 Å². The van der Waals surface area contributed by atoms with Crippen LogP contribution in [0.3, 0.4) is 0 Å². The van der Waals surface area contributed by atoms with Crippen molar-refractivity contribution >= 4 is 17.2 Å². The molecule has 1 atom stereocenters. The van der Waals surface area contributed by atoms with Crippen LogP contribution in [-0.4, -0.2) is 11.6 Å². The van der Waals surface area contributed by atoms with Crippen LogP contribution in [-0.2, 0) is 6.42 Å². The molecule has 1 rings (SSSR count). The third-order valence-electron chi connectivity index (χ3n) is 3.21. The molecule has 1 aromatic rings. The molecule has 1 unspecified atom stereocenters. The zero-order chi connectivity index (χ0) is 14.4. The molecule has 2 nitrogen and oxygen atoms in total. The highest BCUT2D eigenvalue weighted by Crippen LogP contribution is 2.25. The molecule has 0 aliphatic carbocycles. The highest BCUT2D eigenvalue weighted by molar-refractivity contribution is 7.80. The number of thiocarbonyl (C=S) groups is 1. The molecule has 0 radical (unpaired) electrons. The van der Waals surface area contributed by atoms with Gasteiger partial charge in [-0.2, -0.15) is 0 Å².